The van der Waals surface area contributed by atoms with Crippen LogP contribution in [0, 0.1) is 11.3 Å². The number of hydrogen-bond donors (Lipinski definition) is 0. The van der Waals surface area contributed by atoms with Crippen molar-refractivity contribution in [2.24, 2.45) is 5.16 Å². The second-order valence-electron chi connectivity index (χ2n) is 3.18. The lowest BCUT2D eigenvalue weighted by atomic mass is 10.2. The zero-order chi connectivity index (χ0) is 11.9. The van der Waals surface area contributed by atoms with Gasteiger partial charge < -0.3 is 4.84 Å². The van der Waals surface area contributed by atoms with E-state index in [-0.39, 0.29) is 0 Å². The summed E-state index contributed by atoms with van der Waals surface area (Å²) in [4.78, 5) is 9.12. The number of thiazole rings is 1. The highest BCUT2D eigenvalue weighted by molar-refractivity contribution is 7.11. The highest BCUT2D eigenvalue weighted by Crippen LogP contribution is 2.06. The van der Waals surface area contributed by atoms with E-state index >= 15 is 0 Å². The van der Waals surface area contributed by atoms with Crippen LogP contribution in [0.25, 0.3) is 0 Å². The topological polar surface area (TPSA) is 58.3 Å². The van der Waals surface area contributed by atoms with E-state index in [1.165, 1.54) is 17.6 Å². The normalized spacial score (nSPS) is 10.3. The average Bonchev–Trinajstić information content (AvgIpc) is 2.84. The third-order valence-corrected chi connectivity index (χ3v) is 2.73. The number of nitriles is 1. The molecule has 0 atom stereocenters. The first-order chi connectivity index (χ1) is 8.38. The summed E-state index contributed by atoms with van der Waals surface area (Å²) in [6.45, 7) is 0.424. The third kappa shape index (κ3) is 3.40. The summed E-state index contributed by atoms with van der Waals surface area (Å²) in [5.74, 6) is 0. The predicted molar refractivity (Wildman–Crippen MR) is 65.7 cm³/mol. The van der Waals surface area contributed by atoms with E-state index in [1.807, 2.05) is 36.4 Å². The second-order valence-corrected chi connectivity index (χ2v) is 4.07. The van der Waals surface area contributed by atoms with Crippen molar-refractivity contribution in [1.29, 1.82) is 5.26 Å². The molecular formula is C12H9N3OS. The molecule has 0 aliphatic carbocycles. The van der Waals surface area contributed by atoms with Crippen LogP contribution in [0.5, 0.6) is 0 Å². The fourth-order valence-electron chi connectivity index (χ4n) is 1.17. The van der Waals surface area contributed by atoms with Crippen LogP contribution in [0.1, 0.15) is 16.3 Å². The van der Waals surface area contributed by atoms with Gasteiger partial charge in [0.05, 0.1) is 0 Å². The van der Waals surface area contributed by atoms with Crippen LogP contribution in [0.15, 0.2) is 40.9 Å². The monoisotopic (exact) mass is 243 g/mol. The first kappa shape index (κ1) is 11.3. The highest BCUT2D eigenvalue weighted by Gasteiger charge is 1.97. The van der Waals surface area contributed by atoms with E-state index in [2.05, 4.69) is 10.1 Å². The molecule has 0 radical (unpaired) electrons. The van der Waals surface area contributed by atoms with Crippen LogP contribution in [-0.2, 0) is 11.4 Å². The van der Waals surface area contributed by atoms with Gasteiger partial charge >= 0.3 is 0 Å². The summed E-state index contributed by atoms with van der Waals surface area (Å²) in [5.41, 5.74) is 1.46. The van der Waals surface area contributed by atoms with Crippen molar-refractivity contribution in [2.45, 2.75) is 6.61 Å². The Kier molecular flexibility index (Phi) is 3.84. The Labute approximate surface area is 103 Å². The summed E-state index contributed by atoms with van der Waals surface area (Å²) >= 11 is 1.36. The zero-order valence-corrected chi connectivity index (χ0v) is 9.72. The van der Waals surface area contributed by atoms with Crippen molar-refractivity contribution < 1.29 is 4.84 Å². The van der Waals surface area contributed by atoms with Crippen LogP contribution in [-0.4, -0.2) is 11.2 Å². The lowest BCUT2D eigenvalue weighted by Gasteiger charge is -1.97. The van der Waals surface area contributed by atoms with E-state index in [4.69, 9.17) is 10.1 Å². The van der Waals surface area contributed by atoms with Gasteiger partial charge in [0.25, 0.3) is 0 Å². The SMILES string of the molecule is N#Cc1csc(C=NOCc2ccccc2)n1. The molecule has 0 unspecified atom stereocenters. The maximum atomic E-state index is 8.59. The van der Waals surface area contributed by atoms with Gasteiger partial charge in [-0.2, -0.15) is 5.26 Å². The maximum Gasteiger partial charge on any atom is 0.152 e. The quantitative estimate of drug-likeness (QED) is 0.612. The van der Waals surface area contributed by atoms with Gasteiger partial charge in [-0.05, 0) is 5.56 Å². The molecule has 0 aliphatic heterocycles. The minimum absolute atomic E-state index is 0.402. The molecule has 0 bridgehead atoms. The van der Waals surface area contributed by atoms with Gasteiger partial charge in [-0.1, -0.05) is 35.5 Å². The Bertz CT molecular complexity index is 542. The number of hydrogen-bond acceptors (Lipinski definition) is 5. The van der Waals surface area contributed by atoms with Gasteiger partial charge in [0.2, 0.25) is 0 Å². The van der Waals surface area contributed by atoms with E-state index in [9.17, 15) is 0 Å². The summed E-state index contributed by atoms with van der Waals surface area (Å²) in [5, 5.41) is 14.7. The number of nitrogens with zero attached hydrogens (tertiary/aromatic N) is 3. The van der Waals surface area contributed by atoms with Gasteiger partial charge in [-0.3, -0.25) is 0 Å². The molecule has 5 heteroatoms. The van der Waals surface area contributed by atoms with Crippen LogP contribution in [0.4, 0.5) is 0 Å². The third-order valence-electron chi connectivity index (χ3n) is 1.95. The second kappa shape index (κ2) is 5.77. The summed E-state index contributed by atoms with van der Waals surface area (Å²) < 4.78 is 0. The molecule has 2 aromatic rings. The van der Waals surface area contributed by atoms with Crippen molar-refractivity contribution in [3.05, 3.63) is 52.0 Å². The molecule has 1 heterocycles. The van der Waals surface area contributed by atoms with Crippen LogP contribution in [0.2, 0.25) is 0 Å². The van der Waals surface area contributed by atoms with Crippen molar-refractivity contribution in [2.75, 3.05) is 0 Å². The molecular weight excluding hydrogens is 234 g/mol. The molecule has 17 heavy (non-hydrogen) atoms. The van der Waals surface area contributed by atoms with Crippen molar-refractivity contribution in [3.63, 3.8) is 0 Å². The minimum Gasteiger partial charge on any atom is -0.391 e. The molecule has 1 aromatic heterocycles. The number of rotatable bonds is 4. The van der Waals surface area contributed by atoms with Gasteiger partial charge in [-0.15, -0.1) is 11.3 Å². The van der Waals surface area contributed by atoms with E-state index in [0.29, 0.717) is 17.3 Å². The van der Waals surface area contributed by atoms with Gasteiger partial charge in [-0.25, -0.2) is 4.98 Å². The molecule has 84 valence electrons. The van der Waals surface area contributed by atoms with Gasteiger partial charge in [0, 0.05) is 5.38 Å². The largest absolute Gasteiger partial charge is 0.391 e. The molecule has 0 N–H and O–H groups in total. The Morgan fingerprint density at radius 2 is 2.24 bits per heavy atom. The Morgan fingerprint density at radius 1 is 1.41 bits per heavy atom. The number of aromatic nitrogens is 1. The lowest BCUT2D eigenvalue weighted by molar-refractivity contribution is 0.132. The Morgan fingerprint density at radius 3 is 2.94 bits per heavy atom. The molecule has 0 saturated heterocycles. The minimum atomic E-state index is 0.402. The van der Waals surface area contributed by atoms with E-state index < -0.39 is 0 Å². The standard InChI is InChI=1S/C12H9N3OS/c13-6-11-9-17-12(15-11)7-14-16-8-10-4-2-1-3-5-10/h1-5,7,9H,8H2. The highest BCUT2D eigenvalue weighted by atomic mass is 32.1. The molecule has 0 saturated carbocycles. The summed E-state index contributed by atoms with van der Waals surface area (Å²) in [6.07, 6.45) is 1.51. The predicted octanol–water partition coefficient (Wildman–Crippen LogP) is 2.57. The molecule has 0 amide bonds. The first-order valence-corrected chi connectivity index (χ1v) is 5.81. The van der Waals surface area contributed by atoms with Crippen LogP contribution < -0.4 is 0 Å². The molecule has 0 aliphatic rings. The summed E-state index contributed by atoms with van der Waals surface area (Å²) in [6, 6.07) is 11.7. The fourth-order valence-corrected chi connectivity index (χ4v) is 1.76. The zero-order valence-electron chi connectivity index (χ0n) is 8.91. The Hall–Kier alpha value is -2.19. The smallest absolute Gasteiger partial charge is 0.152 e. The lowest BCUT2D eigenvalue weighted by Crippen LogP contribution is -1.87. The van der Waals surface area contributed by atoms with Gasteiger partial charge in [0.15, 0.2) is 5.69 Å². The van der Waals surface area contributed by atoms with Crippen molar-refractivity contribution >= 4 is 17.6 Å². The molecule has 4 nitrogen and oxygen atoms in total. The van der Waals surface area contributed by atoms with Crippen molar-refractivity contribution in [1.82, 2.24) is 4.98 Å². The van der Waals surface area contributed by atoms with E-state index in [1.54, 1.807) is 5.38 Å². The van der Waals surface area contributed by atoms with Crippen LogP contribution in [0.3, 0.4) is 0 Å². The summed E-state index contributed by atoms with van der Waals surface area (Å²) in [7, 11) is 0. The maximum absolute atomic E-state index is 8.59. The fraction of sp³-hybridized carbons (Fsp3) is 0.0833. The molecule has 0 spiro atoms. The molecule has 0 fully saturated rings. The van der Waals surface area contributed by atoms with E-state index in [0.717, 1.165) is 5.56 Å². The van der Waals surface area contributed by atoms with Crippen molar-refractivity contribution in [3.8, 4) is 6.07 Å². The van der Waals surface area contributed by atoms with Gasteiger partial charge in [0.1, 0.15) is 23.9 Å². The molecule has 2 rings (SSSR count). The average molecular weight is 243 g/mol. The number of oxime groups is 1. The van der Waals surface area contributed by atoms with Crippen LogP contribution >= 0.6 is 11.3 Å². The molecule has 1 aromatic carbocycles. The Balaban J connectivity index is 1.84. The first-order valence-electron chi connectivity index (χ1n) is 4.93. The number of benzene rings is 1.